The Morgan fingerprint density at radius 3 is 2.40 bits per heavy atom. The molecular formula is C12H17ClF2. The van der Waals surface area contributed by atoms with Gasteiger partial charge < -0.3 is 0 Å². The van der Waals surface area contributed by atoms with Gasteiger partial charge in [0.25, 0.3) is 5.92 Å². The van der Waals surface area contributed by atoms with Crippen molar-refractivity contribution in [3.8, 4) is 0 Å². The Morgan fingerprint density at radius 1 is 1.40 bits per heavy atom. The number of hydrogen-bond acceptors (Lipinski definition) is 0. The Labute approximate surface area is 95.0 Å². The van der Waals surface area contributed by atoms with Crippen molar-refractivity contribution in [3.63, 3.8) is 0 Å². The predicted octanol–water partition coefficient (Wildman–Crippen LogP) is 4.61. The Kier molecular flexibility index (Phi) is 3.59. The van der Waals surface area contributed by atoms with Crippen LogP contribution in [0.5, 0.6) is 0 Å². The van der Waals surface area contributed by atoms with E-state index in [9.17, 15) is 8.78 Å². The molecule has 3 unspecified atom stereocenters. The number of hydrogen-bond donors (Lipinski definition) is 0. The first-order chi connectivity index (χ1) is 6.73. The lowest BCUT2D eigenvalue weighted by Crippen LogP contribution is -2.28. The first-order valence-corrected chi connectivity index (χ1v) is 5.58. The normalized spacial score (nSPS) is 29.5. The van der Waals surface area contributed by atoms with Crippen LogP contribution in [0.1, 0.15) is 27.7 Å². The average Bonchev–Trinajstić information content (AvgIpc) is 2.08. The van der Waals surface area contributed by atoms with Gasteiger partial charge in [-0.25, -0.2) is 8.78 Å². The molecule has 0 fully saturated rings. The smallest absolute Gasteiger partial charge is 0.207 e. The van der Waals surface area contributed by atoms with Crippen LogP contribution in [-0.4, -0.2) is 5.92 Å². The van der Waals surface area contributed by atoms with Crippen LogP contribution >= 0.6 is 11.6 Å². The molecule has 0 aromatic rings. The molecule has 0 radical (unpaired) electrons. The molecule has 1 aliphatic carbocycles. The summed E-state index contributed by atoms with van der Waals surface area (Å²) >= 11 is 5.91. The third-order valence-corrected chi connectivity index (χ3v) is 3.54. The molecule has 0 aromatic heterocycles. The summed E-state index contributed by atoms with van der Waals surface area (Å²) in [6.07, 6.45) is 3.60. The summed E-state index contributed by atoms with van der Waals surface area (Å²) in [5.74, 6) is -3.08. The SMILES string of the molecule is CC1C=C(Cl)C=C(C(C)C(C)(F)F)C1C. The Bertz CT molecular complexity index is 299. The highest BCUT2D eigenvalue weighted by atomic mass is 35.5. The van der Waals surface area contributed by atoms with Gasteiger partial charge in [0, 0.05) is 11.0 Å². The van der Waals surface area contributed by atoms with Gasteiger partial charge in [0.15, 0.2) is 0 Å². The highest BCUT2D eigenvalue weighted by Gasteiger charge is 2.36. The maximum absolute atomic E-state index is 13.2. The van der Waals surface area contributed by atoms with Crippen molar-refractivity contribution >= 4 is 11.6 Å². The monoisotopic (exact) mass is 234 g/mol. The zero-order valence-corrected chi connectivity index (χ0v) is 10.3. The second-order valence-electron chi connectivity index (χ2n) is 4.52. The van der Waals surface area contributed by atoms with E-state index in [1.807, 2.05) is 19.9 Å². The number of alkyl halides is 2. The molecule has 0 saturated heterocycles. The fourth-order valence-corrected chi connectivity index (χ4v) is 2.17. The Balaban J connectivity index is 2.99. The van der Waals surface area contributed by atoms with Crippen LogP contribution in [0, 0.1) is 17.8 Å². The molecule has 0 saturated carbocycles. The zero-order valence-electron chi connectivity index (χ0n) is 9.52. The fraction of sp³-hybridized carbons (Fsp3) is 0.667. The van der Waals surface area contributed by atoms with E-state index in [2.05, 4.69) is 0 Å². The molecule has 0 N–H and O–H groups in total. The van der Waals surface area contributed by atoms with Crippen LogP contribution in [-0.2, 0) is 0 Å². The summed E-state index contributed by atoms with van der Waals surface area (Å²) in [6, 6.07) is 0. The van der Waals surface area contributed by atoms with E-state index in [0.29, 0.717) is 5.03 Å². The summed E-state index contributed by atoms with van der Waals surface area (Å²) in [4.78, 5) is 0. The Morgan fingerprint density at radius 2 is 1.93 bits per heavy atom. The lowest BCUT2D eigenvalue weighted by Gasteiger charge is -2.31. The van der Waals surface area contributed by atoms with Gasteiger partial charge >= 0.3 is 0 Å². The molecule has 0 heterocycles. The van der Waals surface area contributed by atoms with Gasteiger partial charge in [-0.2, -0.15) is 0 Å². The molecule has 15 heavy (non-hydrogen) atoms. The first kappa shape index (κ1) is 12.7. The van der Waals surface area contributed by atoms with Gasteiger partial charge in [-0.05, 0) is 24.8 Å². The average molecular weight is 235 g/mol. The van der Waals surface area contributed by atoms with Crippen LogP contribution in [0.2, 0.25) is 0 Å². The first-order valence-electron chi connectivity index (χ1n) is 5.20. The fourth-order valence-electron chi connectivity index (χ4n) is 1.85. The van der Waals surface area contributed by atoms with Crippen molar-refractivity contribution in [1.29, 1.82) is 0 Å². The molecule has 1 aliphatic rings. The van der Waals surface area contributed by atoms with Gasteiger partial charge in [-0.3, -0.25) is 0 Å². The molecule has 86 valence electrons. The van der Waals surface area contributed by atoms with Crippen molar-refractivity contribution < 1.29 is 8.78 Å². The maximum Gasteiger partial charge on any atom is 0.251 e. The predicted molar refractivity (Wildman–Crippen MR) is 60.1 cm³/mol. The summed E-state index contributed by atoms with van der Waals surface area (Å²) in [5, 5.41) is 0.576. The number of allylic oxidation sites excluding steroid dienone is 4. The minimum Gasteiger partial charge on any atom is -0.207 e. The summed E-state index contributed by atoms with van der Waals surface area (Å²) in [7, 11) is 0. The van der Waals surface area contributed by atoms with Gasteiger partial charge in [-0.15, -0.1) is 0 Å². The number of rotatable bonds is 2. The summed E-state index contributed by atoms with van der Waals surface area (Å²) in [5.41, 5.74) is 0.752. The lowest BCUT2D eigenvalue weighted by atomic mass is 9.77. The molecule has 0 nitrogen and oxygen atoms in total. The van der Waals surface area contributed by atoms with E-state index >= 15 is 0 Å². The lowest BCUT2D eigenvalue weighted by molar-refractivity contribution is -0.0221. The summed E-state index contributed by atoms with van der Waals surface area (Å²) < 4.78 is 26.4. The topological polar surface area (TPSA) is 0 Å². The minimum atomic E-state index is -2.69. The van der Waals surface area contributed by atoms with E-state index in [1.165, 1.54) is 0 Å². The van der Waals surface area contributed by atoms with Crippen molar-refractivity contribution in [2.75, 3.05) is 0 Å². The maximum atomic E-state index is 13.2. The molecule has 0 aromatic carbocycles. The van der Waals surface area contributed by atoms with E-state index in [-0.39, 0.29) is 11.8 Å². The summed E-state index contributed by atoms with van der Waals surface area (Å²) in [6.45, 7) is 6.49. The third kappa shape index (κ3) is 2.81. The minimum absolute atomic E-state index is 0.133. The molecule has 1 rings (SSSR count). The van der Waals surface area contributed by atoms with Crippen LogP contribution in [0.25, 0.3) is 0 Å². The third-order valence-electron chi connectivity index (χ3n) is 3.30. The van der Waals surface area contributed by atoms with Crippen molar-refractivity contribution in [2.45, 2.75) is 33.6 Å². The zero-order chi connectivity index (χ0) is 11.8. The Hall–Kier alpha value is -0.370. The van der Waals surface area contributed by atoms with Crippen LogP contribution in [0.4, 0.5) is 8.78 Å². The van der Waals surface area contributed by atoms with E-state index in [0.717, 1.165) is 12.5 Å². The van der Waals surface area contributed by atoms with Gasteiger partial charge in [0.05, 0.1) is 0 Å². The molecule has 0 aliphatic heterocycles. The molecule has 0 bridgehead atoms. The van der Waals surface area contributed by atoms with Crippen molar-refractivity contribution in [3.05, 3.63) is 22.8 Å². The second kappa shape index (κ2) is 4.25. The van der Waals surface area contributed by atoms with Gasteiger partial charge in [0.2, 0.25) is 0 Å². The van der Waals surface area contributed by atoms with Crippen molar-refractivity contribution in [1.82, 2.24) is 0 Å². The molecule has 3 heteroatoms. The van der Waals surface area contributed by atoms with Crippen molar-refractivity contribution in [2.24, 2.45) is 17.8 Å². The molecule has 3 atom stereocenters. The highest BCUT2D eigenvalue weighted by Crippen LogP contribution is 2.40. The molecular weight excluding hydrogens is 218 g/mol. The van der Waals surface area contributed by atoms with E-state index in [1.54, 1.807) is 13.0 Å². The van der Waals surface area contributed by atoms with Gasteiger partial charge in [0.1, 0.15) is 0 Å². The van der Waals surface area contributed by atoms with E-state index in [4.69, 9.17) is 11.6 Å². The standard InChI is InChI=1S/C12H17ClF2/c1-7-5-10(13)6-11(8(7)2)9(3)12(4,14)15/h5-9H,1-4H3. The van der Waals surface area contributed by atoms with Crippen LogP contribution < -0.4 is 0 Å². The number of halogens is 3. The molecule has 0 amide bonds. The largest absolute Gasteiger partial charge is 0.251 e. The quantitative estimate of drug-likeness (QED) is 0.655. The van der Waals surface area contributed by atoms with E-state index < -0.39 is 11.8 Å². The molecule has 0 spiro atoms. The van der Waals surface area contributed by atoms with Crippen LogP contribution in [0.3, 0.4) is 0 Å². The highest BCUT2D eigenvalue weighted by molar-refractivity contribution is 6.31. The second-order valence-corrected chi connectivity index (χ2v) is 4.96. The van der Waals surface area contributed by atoms with Crippen LogP contribution in [0.15, 0.2) is 22.8 Å². The van der Waals surface area contributed by atoms with Gasteiger partial charge in [-0.1, -0.05) is 44.0 Å².